The second-order valence-corrected chi connectivity index (χ2v) is 11.6. The van der Waals surface area contributed by atoms with E-state index in [1.54, 1.807) is 11.3 Å². The largest absolute Gasteiger partial charge is 0.511 e. The summed E-state index contributed by atoms with van der Waals surface area (Å²) in [7, 11) is 0. The molecule has 212 valence electrons. The van der Waals surface area contributed by atoms with Crippen molar-refractivity contribution in [1.82, 2.24) is 5.32 Å². The second-order valence-electron chi connectivity index (χ2n) is 10.4. The summed E-state index contributed by atoms with van der Waals surface area (Å²) in [5.41, 5.74) is 4.87. The fourth-order valence-corrected chi connectivity index (χ4v) is 6.40. The molecule has 2 aromatic carbocycles. The van der Waals surface area contributed by atoms with E-state index in [1.807, 2.05) is 26.0 Å². The third kappa shape index (κ3) is 9.00. The Morgan fingerprint density at radius 2 is 1.79 bits per heavy atom. The molecule has 4 atom stereocenters. The Morgan fingerprint density at radius 3 is 2.41 bits per heavy atom. The van der Waals surface area contributed by atoms with Crippen LogP contribution in [-0.2, 0) is 6.42 Å². The van der Waals surface area contributed by atoms with E-state index >= 15 is 0 Å². The standard InChI is InChI=1S/C25H27FO2S.C6H11NO.C2H6/c1-16-2-3-19(21-10-17(15-27)11-23(28)13-21)12-20(16)14-24-8-9-25(29-24)18-4-6-22(26)7-5-18;1-5(8)6-3-2-4-7-6;1-2/h2-9,12,17,21,23,27-28H,10-11,13-15H2,1H3;6-8H,1-4H2;1-2H3. The van der Waals surface area contributed by atoms with Crippen molar-refractivity contribution < 1.29 is 19.7 Å². The number of halogens is 1. The lowest BCUT2D eigenvalue weighted by molar-refractivity contribution is 0.0650. The lowest BCUT2D eigenvalue weighted by Gasteiger charge is -2.32. The molecule has 4 nitrogen and oxygen atoms in total. The van der Waals surface area contributed by atoms with Gasteiger partial charge in [-0.3, -0.25) is 0 Å². The highest BCUT2D eigenvalue weighted by atomic mass is 32.1. The summed E-state index contributed by atoms with van der Waals surface area (Å²) in [6, 6.07) is 17.7. The van der Waals surface area contributed by atoms with Gasteiger partial charge in [0, 0.05) is 22.8 Å². The molecule has 0 amide bonds. The van der Waals surface area contributed by atoms with Crippen LogP contribution >= 0.6 is 11.3 Å². The normalized spacial score (nSPS) is 22.3. The molecule has 6 heteroatoms. The summed E-state index contributed by atoms with van der Waals surface area (Å²) in [5, 5.41) is 31.6. The van der Waals surface area contributed by atoms with Gasteiger partial charge in [-0.2, -0.15) is 0 Å². The zero-order chi connectivity index (χ0) is 28.4. The lowest BCUT2D eigenvalue weighted by atomic mass is 9.76. The highest BCUT2D eigenvalue weighted by Crippen LogP contribution is 2.37. The summed E-state index contributed by atoms with van der Waals surface area (Å²) in [5.74, 6) is 0.550. The topological polar surface area (TPSA) is 72.7 Å². The second kappa shape index (κ2) is 15.3. The highest BCUT2D eigenvalue weighted by Gasteiger charge is 2.28. The first-order valence-corrected chi connectivity index (χ1v) is 15.0. The minimum atomic E-state index is -0.328. The number of hydrogen-bond donors (Lipinski definition) is 4. The number of hydrogen-bond acceptors (Lipinski definition) is 5. The molecule has 0 spiro atoms. The van der Waals surface area contributed by atoms with Crippen LogP contribution in [0.4, 0.5) is 4.39 Å². The van der Waals surface area contributed by atoms with Gasteiger partial charge in [0.15, 0.2) is 0 Å². The van der Waals surface area contributed by atoms with E-state index in [4.69, 9.17) is 5.11 Å². The third-order valence-electron chi connectivity index (χ3n) is 7.50. The monoisotopic (exact) mass is 553 g/mol. The molecule has 5 rings (SSSR count). The minimum Gasteiger partial charge on any atom is -0.511 e. The van der Waals surface area contributed by atoms with Crippen molar-refractivity contribution in [3.63, 3.8) is 0 Å². The van der Waals surface area contributed by atoms with Gasteiger partial charge < -0.3 is 20.6 Å². The van der Waals surface area contributed by atoms with Crippen molar-refractivity contribution in [2.45, 2.75) is 77.4 Å². The third-order valence-corrected chi connectivity index (χ3v) is 8.63. The Hall–Kier alpha value is -2.51. The molecule has 2 aliphatic rings. The molecular weight excluding hydrogens is 509 g/mol. The molecule has 0 radical (unpaired) electrons. The first-order chi connectivity index (χ1) is 18.8. The van der Waals surface area contributed by atoms with Crippen LogP contribution in [0.2, 0.25) is 0 Å². The Balaban J connectivity index is 0.000000357. The number of benzene rings is 2. The maximum atomic E-state index is 13.2. The van der Waals surface area contributed by atoms with Gasteiger partial charge >= 0.3 is 0 Å². The number of aliphatic hydroxyl groups is 3. The Bertz CT molecular complexity index is 1170. The van der Waals surface area contributed by atoms with Gasteiger partial charge in [-0.25, -0.2) is 4.39 Å². The molecule has 1 aliphatic carbocycles. The van der Waals surface area contributed by atoms with E-state index in [9.17, 15) is 14.6 Å². The summed E-state index contributed by atoms with van der Waals surface area (Å²) in [4.78, 5) is 2.43. The molecule has 1 aliphatic heterocycles. The van der Waals surface area contributed by atoms with Gasteiger partial charge in [0.25, 0.3) is 0 Å². The molecular formula is C33H44FNO3S. The van der Waals surface area contributed by atoms with Crippen LogP contribution in [0, 0.1) is 18.7 Å². The van der Waals surface area contributed by atoms with Crippen LogP contribution in [0.5, 0.6) is 0 Å². The van der Waals surface area contributed by atoms with Crippen LogP contribution in [0.1, 0.15) is 73.4 Å². The average Bonchev–Trinajstić information content (AvgIpc) is 3.65. The zero-order valence-corrected chi connectivity index (χ0v) is 24.3. The SMILES string of the molecule is C=C(O)C1CCCN1.CC.Cc1ccc(C2CC(O)CC(CO)C2)cc1Cc1ccc(-c2ccc(F)cc2)s1. The average molecular weight is 554 g/mol. The van der Waals surface area contributed by atoms with Gasteiger partial charge in [-0.1, -0.05) is 50.8 Å². The molecule has 4 unspecified atom stereocenters. The number of rotatable bonds is 6. The van der Waals surface area contributed by atoms with Crippen LogP contribution in [0.25, 0.3) is 10.4 Å². The first-order valence-electron chi connectivity index (χ1n) is 14.2. The molecule has 2 heterocycles. The Morgan fingerprint density at radius 1 is 1.05 bits per heavy atom. The van der Waals surface area contributed by atoms with E-state index in [1.165, 1.54) is 33.7 Å². The molecule has 2 fully saturated rings. The van der Waals surface area contributed by atoms with Crippen molar-refractivity contribution in [3.05, 3.63) is 94.3 Å². The predicted octanol–water partition coefficient (Wildman–Crippen LogP) is 7.53. The van der Waals surface area contributed by atoms with Gasteiger partial charge in [0.1, 0.15) is 11.6 Å². The molecule has 4 N–H and O–H groups in total. The summed E-state index contributed by atoms with van der Waals surface area (Å²) in [6.45, 7) is 10.7. The van der Waals surface area contributed by atoms with Crippen LogP contribution in [-0.4, -0.2) is 40.6 Å². The molecule has 1 saturated carbocycles. The highest BCUT2D eigenvalue weighted by molar-refractivity contribution is 7.15. The number of aliphatic hydroxyl groups excluding tert-OH is 3. The maximum Gasteiger partial charge on any atom is 0.123 e. The molecule has 1 aromatic heterocycles. The van der Waals surface area contributed by atoms with Gasteiger partial charge in [-0.05, 0) is 104 Å². The van der Waals surface area contributed by atoms with E-state index < -0.39 is 0 Å². The van der Waals surface area contributed by atoms with E-state index in [-0.39, 0.29) is 36.2 Å². The lowest BCUT2D eigenvalue weighted by Crippen LogP contribution is -2.27. The Labute approximate surface area is 237 Å². The predicted molar refractivity (Wildman–Crippen MR) is 161 cm³/mol. The van der Waals surface area contributed by atoms with E-state index in [0.29, 0.717) is 12.3 Å². The molecule has 39 heavy (non-hydrogen) atoms. The zero-order valence-electron chi connectivity index (χ0n) is 23.5. The number of nitrogens with one attached hydrogen (secondary N) is 1. The number of aryl methyl sites for hydroxylation is 1. The quantitative estimate of drug-likeness (QED) is 0.238. The number of thiophene rings is 1. The van der Waals surface area contributed by atoms with Crippen LogP contribution in [0.3, 0.4) is 0 Å². The Kier molecular flexibility index (Phi) is 12.2. The smallest absolute Gasteiger partial charge is 0.123 e. The van der Waals surface area contributed by atoms with Crippen molar-refractivity contribution in [2.75, 3.05) is 13.2 Å². The van der Waals surface area contributed by atoms with Crippen molar-refractivity contribution in [2.24, 2.45) is 5.92 Å². The molecule has 1 saturated heterocycles. The van der Waals surface area contributed by atoms with Gasteiger partial charge in [-0.15, -0.1) is 11.3 Å². The fraction of sp³-hybridized carbons (Fsp3) is 0.455. The van der Waals surface area contributed by atoms with Crippen LogP contribution in [0.15, 0.2) is 66.9 Å². The molecule has 3 aromatic rings. The van der Waals surface area contributed by atoms with Gasteiger partial charge in [0.05, 0.1) is 12.1 Å². The van der Waals surface area contributed by atoms with E-state index in [2.05, 4.69) is 49.2 Å². The van der Waals surface area contributed by atoms with E-state index in [0.717, 1.165) is 49.1 Å². The maximum absolute atomic E-state index is 13.2. The molecule has 0 bridgehead atoms. The fourth-order valence-electron chi connectivity index (χ4n) is 5.36. The van der Waals surface area contributed by atoms with Crippen LogP contribution < -0.4 is 5.32 Å². The van der Waals surface area contributed by atoms with Crippen molar-refractivity contribution in [3.8, 4) is 10.4 Å². The summed E-state index contributed by atoms with van der Waals surface area (Å²) < 4.78 is 13.2. The summed E-state index contributed by atoms with van der Waals surface area (Å²) in [6.07, 6.45) is 5.14. The minimum absolute atomic E-state index is 0.146. The van der Waals surface area contributed by atoms with Crippen molar-refractivity contribution in [1.29, 1.82) is 0 Å². The van der Waals surface area contributed by atoms with Crippen molar-refractivity contribution >= 4 is 11.3 Å². The first kappa shape index (κ1) is 31.0. The van der Waals surface area contributed by atoms with Gasteiger partial charge in [0.2, 0.25) is 0 Å². The summed E-state index contributed by atoms with van der Waals surface area (Å²) >= 11 is 1.75.